The lowest BCUT2D eigenvalue weighted by molar-refractivity contribution is 0.0765. The lowest BCUT2D eigenvalue weighted by atomic mass is 9.96. The van der Waals surface area contributed by atoms with Crippen LogP contribution >= 0.6 is 0 Å². The lowest BCUT2D eigenvalue weighted by Crippen LogP contribution is -2.26. The number of aromatic nitrogens is 1. The van der Waals surface area contributed by atoms with Crippen molar-refractivity contribution < 1.29 is 4.79 Å². The maximum atomic E-state index is 12.5. The molecule has 0 atom stereocenters. The molecule has 1 amide bonds. The van der Waals surface area contributed by atoms with Crippen LogP contribution in [-0.4, -0.2) is 21.8 Å². The van der Waals surface area contributed by atoms with Crippen molar-refractivity contribution in [2.45, 2.75) is 58.5 Å². The summed E-state index contributed by atoms with van der Waals surface area (Å²) in [5, 5.41) is 0. The molecule has 1 aliphatic heterocycles. The van der Waals surface area contributed by atoms with Gasteiger partial charge in [0, 0.05) is 11.7 Å². The van der Waals surface area contributed by atoms with E-state index in [1.807, 2.05) is 4.90 Å². The van der Waals surface area contributed by atoms with Crippen LogP contribution in [0.4, 0.5) is 0 Å². The Kier molecular flexibility index (Phi) is 2.65. The first kappa shape index (κ1) is 11.7. The second-order valence-electron chi connectivity index (χ2n) is 5.70. The van der Waals surface area contributed by atoms with E-state index in [9.17, 15) is 4.79 Å². The van der Waals surface area contributed by atoms with Crippen LogP contribution < -0.4 is 0 Å². The number of aryl methyl sites for hydroxylation is 1. The monoisotopic (exact) mass is 244 g/mol. The largest absolute Gasteiger partial charge is 0.330 e. The van der Waals surface area contributed by atoms with Gasteiger partial charge in [0.1, 0.15) is 0 Å². The molecule has 0 radical (unpaired) electrons. The number of hydrogen-bond acceptors (Lipinski definition) is 2. The van der Waals surface area contributed by atoms with Crippen LogP contribution in [0.2, 0.25) is 0 Å². The number of carbonyl (C=O) groups excluding carboxylic acids is 1. The Bertz CT molecular complexity index is 503. The minimum absolute atomic E-state index is 0.214. The van der Waals surface area contributed by atoms with Crippen LogP contribution in [0.5, 0.6) is 0 Å². The minimum Gasteiger partial charge on any atom is -0.330 e. The first-order chi connectivity index (χ1) is 8.61. The predicted molar refractivity (Wildman–Crippen MR) is 70.6 cm³/mol. The van der Waals surface area contributed by atoms with Crippen molar-refractivity contribution >= 4 is 5.91 Å². The highest BCUT2D eigenvalue weighted by Crippen LogP contribution is 2.37. The Balaban J connectivity index is 2.08. The summed E-state index contributed by atoms with van der Waals surface area (Å²) < 4.78 is 0. The third kappa shape index (κ3) is 1.73. The smallest absolute Gasteiger partial charge is 0.256 e. The molecule has 2 heterocycles. The maximum absolute atomic E-state index is 12.5. The first-order valence-electron chi connectivity index (χ1n) is 6.95. The van der Waals surface area contributed by atoms with E-state index >= 15 is 0 Å². The van der Waals surface area contributed by atoms with Gasteiger partial charge in [-0.15, -0.1) is 0 Å². The maximum Gasteiger partial charge on any atom is 0.256 e. The van der Waals surface area contributed by atoms with Crippen molar-refractivity contribution in [3.8, 4) is 0 Å². The van der Waals surface area contributed by atoms with Crippen molar-refractivity contribution in [1.29, 1.82) is 0 Å². The molecule has 3 heteroatoms. The second-order valence-corrected chi connectivity index (χ2v) is 5.70. The summed E-state index contributed by atoms with van der Waals surface area (Å²) in [7, 11) is 0. The molecule has 0 bridgehead atoms. The van der Waals surface area contributed by atoms with E-state index in [1.54, 1.807) is 0 Å². The summed E-state index contributed by atoms with van der Waals surface area (Å²) in [6, 6.07) is 2.61. The fraction of sp³-hybridized carbons (Fsp3) is 0.600. The number of rotatable bonds is 3. The van der Waals surface area contributed by atoms with Crippen LogP contribution in [0.3, 0.4) is 0 Å². The van der Waals surface area contributed by atoms with Crippen LogP contribution in [0.25, 0.3) is 0 Å². The minimum atomic E-state index is 0.214. The molecule has 3 nitrogen and oxygen atoms in total. The van der Waals surface area contributed by atoms with Crippen molar-refractivity contribution in [3.05, 3.63) is 28.6 Å². The SMILES string of the molecule is CCc1cc(C(C)C)c2c(n1)CN(C1CC1)C2=O. The van der Waals surface area contributed by atoms with Gasteiger partial charge < -0.3 is 4.90 Å². The number of amides is 1. The topological polar surface area (TPSA) is 33.2 Å². The van der Waals surface area contributed by atoms with E-state index in [-0.39, 0.29) is 5.91 Å². The molecule has 18 heavy (non-hydrogen) atoms. The first-order valence-corrected chi connectivity index (χ1v) is 6.95. The van der Waals surface area contributed by atoms with Gasteiger partial charge in [0.25, 0.3) is 5.91 Å². The molecule has 96 valence electrons. The molecular formula is C15H20N2O. The molecule has 1 aromatic heterocycles. The molecule has 0 saturated heterocycles. The number of hydrogen-bond donors (Lipinski definition) is 0. The van der Waals surface area contributed by atoms with E-state index in [0.29, 0.717) is 12.0 Å². The fourth-order valence-corrected chi connectivity index (χ4v) is 2.74. The summed E-state index contributed by atoms with van der Waals surface area (Å²) in [4.78, 5) is 19.2. The summed E-state index contributed by atoms with van der Waals surface area (Å²) in [6.45, 7) is 7.16. The second kappa shape index (κ2) is 4.08. The highest BCUT2D eigenvalue weighted by molar-refractivity contribution is 5.99. The highest BCUT2D eigenvalue weighted by Gasteiger charge is 2.40. The van der Waals surface area contributed by atoms with Gasteiger partial charge in [-0.3, -0.25) is 9.78 Å². The summed E-state index contributed by atoms with van der Waals surface area (Å²) in [5.74, 6) is 0.599. The lowest BCUT2D eigenvalue weighted by Gasteiger charge is -2.14. The van der Waals surface area contributed by atoms with Crippen LogP contribution in [0.1, 0.15) is 66.8 Å². The average Bonchev–Trinajstić information content (AvgIpc) is 3.13. The Morgan fingerprint density at radius 1 is 1.44 bits per heavy atom. The van der Waals surface area contributed by atoms with Gasteiger partial charge in [0.15, 0.2) is 0 Å². The molecule has 1 fully saturated rings. The molecule has 0 spiro atoms. The zero-order chi connectivity index (χ0) is 12.9. The van der Waals surface area contributed by atoms with Gasteiger partial charge in [0.2, 0.25) is 0 Å². The van der Waals surface area contributed by atoms with E-state index in [2.05, 4.69) is 31.8 Å². The van der Waals surface area contributed by atoms with Gasteiger partial charge in [-0.1, -0.05) is 20.8 Å². The normalized spacial score (nSPS) is 18.7. The summed E-state index contributed by atoms with van der Waals surface area (Å²) in [6.07, 6.45) is 3.26. The Morgan fingerprint density at radius 3 is 2.72 bits per heavy atom. The van der Waals surface area contributed by atoms with Gasteiger partial charge in [-0.25, -0.2) is 0 Å². The summed E-state index contributed by atoms with van der Waals surface area (Å²) in [5.41, 5.74) is 4.21. The number of carbonyl (C=O) groups is 1. The van der Waals surface area contributed by atoms with Crippen LogP contribution in [0, 0.1) is 0 Å². The zero-order valence-corrected chi connectivity index (χ0v) is 11.4. The number of fused-ring (bicyclic) bond motifs is 1. The third-order valence-electron chi connectivity index (χ3n) is 3.94. The fourth-order valence-electron chi connectivity index (χ4n) is 2.74. The van der Waals surface area contributed by atoms with E-state index < -0.39 is 0 Å². The van der Waals surface area contributed by atoms with E-state index in [1.165, 1.54) is 5.56 Å². The molecule has 0 unspecified atom stereocenters. The van der Waals surface area contributed by atoms with Crippen molar-refractivity contribution in [2.24, 2.45) is 0 Å². The Labute approximate surface area is 108 Å². The standard InChI is InChI=1S/C15H20N2O/c1-4-10-7-12(9(2)3)14-13(16-10)8-17(15(14)18)11-5-6-11/h7,9,11H,4-6,8H2,1-3H3. The quantitative estimate of drug-likeness (QED) is 0.819. The molecule has 1 saturated carbocycles. The van der Waals surface area contributed by atoms with Gasteiger partial charge in [-0.2, -0.15) is 0 Å². The molecular weight excluding hydrogens is 224 g/mol. The molecule has 1 aliphatic carbocycles. The molecule has 2 aliphatic rings. The molecule has 1 aromatic rings. The number of pyridine rings is 1. The number of nitrogens with zero attached hydrogens (tertiary/aromatic N) is 2. The summed E-state index contributed by atoms with van der Waals surface area (Å²) >= 11 is 0. The third-order valence-corrected chi connectivity index (χ3v) is 3.94. The van der Waals surface area contributed by atoms with Crippen molar-refractivity contribution in [2.75, 3.05) is 0 Å². The van der Waals surface area contributed by atoms with Crippen LogP contribution in [0.15, 0.2) is 6.07 Å². The van der Waals surface area contributed by atoms with E-state index in [4.69, 9.17) is 0 Å². The van der Waals surface area contributed by atoms with Gasteiger partial charge in [0.05, 0.1) is 17.8 Å². The molecule has 0 aromatic carbocycles. The van der Waals surface area contributed by atoms with Gasteiger partial charge in [-0.05, 0) is 36.8 Å². The molecule has 0 N–H and O–H groups in total. The Hall–Kier alpha value is -1.38. The van der Waals surface area contributed by atoms with Crippen molar-refractivity contribution in [1.82, 2.24) is 9.88 Å². The van der Waals surface area contributed by atoms with Gasteiger partial charge >= 0.3 is 0 Å². The highest BCUT2D eigenvalue weighted by atomic mass is 16.2. The zero-order valence-electron chi connectivity index (χ0n) is 11.4. The van der Waals surface area contributed by atoms with E-state index in [0.717, 1.165) is 42.8 Å². The average molecular weight is 244 g/mol. The molecule has 3 rings (SSSR count). The van der Waals surface area contributed by atoms with Crippen molar-refractivity contribution in [3.63, 3.8) is 0 Å². The predicted octanol–water partition coefficient (Wildman–Crippen LogP) is 2.89. The Morgan fingerprint density at radius 2 is 2.17 bits per heavy atom. The van der Waals surface area contributed by atoms with Crippen LogP contribution in [-0.2, 0) is 13.0 Å².